The molecule has 1 aromatic heterocycles. The van der Waals surface area contributed by atoms with Gasteiger partial charge in [-0.05, 0) is 25.1 Å². The van der Waals surface area contributed by atoms with Crippen LogP contribution in [0.15, 0.2) is 23.6 Å². The van der Waals surface area contributed by atoms with Crippen molar-refractivity contribution in [3.05, 3.63) is 29.3 Å². The molecule has 1 fully saturated rings. The Morgan fingerprint density at radius 2 is 2.10 bits per heavy atom. The number of carboxylic acids is 1. The van der Waals surface area contributed by atoms with Gasteiger partial charge in [0.2, 0.25) is 12.7 Å². The van der Waals surface area contributed by atoms with Crippen LogP contribution in [0.3, 0.4) is 0 Å². The van der Waals surface area contributed by atoms with Crippen LogP contribution in [-0.4, -0.2) is 47.0 Å². The van der Waals surface area contributed by atoms with Crippen LogP contribution in [0.1, 0.15) is 32.9 Å². The summed E-state index contributed by atoms with van der Waals surface area (Å²) in [6.07, 6.45) is 0.0377. The third-order valence-electron chi connectivity index (χ3n) is 6.00. The molecule has 2 N–H and O–H groups in total. The molecule has 0 radical (unpaired) electrons. The van der Waals surface area contributed by atoms with Crippen LogP contribution in [0, 0.1) is 5.41 Å². The van der Waals surface area contributed by atoms with Gasteiger partial charge in [-0.25, -0.2) is 9.78 Å². The number of hydrogen-bond donors (Lipinski definition) is 2. The number of rotatable bonds is 7. The highest BCUT2D eigenvalue weighted by atomic mass is 32.1. The van der Waals surface area contributed by atoms with Crippen molar-refractivity contribution in [2.75, 3.05) is 13.4 Å². The van der Waals surface area contributed by atoms with Crippen molar-refractivity contribution >= 4 is 23.2 Å². The van der Waals surface area contributed by atoms with Crippen LogP contribution in [0.5, 0.6) is 11.5 Å². The monoisotopic (exact) mass is 432 g/mol. The second kappa shape index (κ2) is 7.55. The lowest BCUT2D eigenvalue weighted by Gasteiger charge is -2.58. The maximum absolute atomic E-state index is 12.7. The number of ether oxygens (including phenoxy) is 3. The van der Waals surface area contributed by atoms with E-state index in [9.17, 15) is 14.7 Å². The smallest absolute Gasteiger partial charge is 0.330 e. The first kappa shape index (κ1) is 20.6. The van der Waals surface area contributed by atoms with Crippen molar-refractivity contribution in [2.45, 2.75) is 45.3 Å². The van der Waals surface area contributed by atoms with E-state index in [1.54, 1.807) is 0 Å². The first-order valence-corrected chi connectivity index (χ1v) is 10.6. The van der Waals surface area contributed by atoms with Gasteiger partial charge in [-0.2, -0.15) is 0 Å². The molecule has 2 aromatic rings. The summed E-state index contributed by atoms with van der Waals surface area (Å²) in [5, 5.41) is 15.2. The Hall–Kier alpha value is -2.65. The Kier molecular flexibility index (Phi) is 5.19. The first-order chi connectivity index (χ1) is 14.3. The fourth-order valence-corrected chi connectivity index (χ4v) is 4.85. The third kappa shape index (κ3) is 3.31. The average molecular weight is 432 g/mol. The molecule has 2 aliphatic rings. The molecule has 1 aliphatic carbocycles. The molecule has 2 atom stereocenters. The molecule has 160 valence electrons. The minimum Gasteiger partial charge on any atom is -0.479 e. The number of nitrogens with one attached hydrogen (secondary N) is 1. The van der Waals surface area contributed by atoms with Crippen molar-refractivity contribution in [1.29, 1.82) is 0 Å². The van der Waals surface area contributed by atoms with E-state index < -0.39 is 16.9 Å². The highest BCUT2D eigenvalue weighted by Crippen LogP contribution is 2.51. The van der Waals surface area contributed by atoms with E-state index in [4.69, 9.17) is 14.2 Å². The van der Waals surface area contributed by atoms with Crippen molar-refractivity contribution in [1.82, 2.24) is 10.3 Å². The second-order valence-electron chi connectivity index (χ2n) is 8.02. The summed E-state index contributed by atoms with van der Waals surface area (Å²) >= 11 is 1.42. The summed E-state index contributed by atoms with van der Waals surface area (Å²) in [5.41, 5.74) is -0.605. The number of nitrogens with zero attached hydrogens (tertiary/aromatic N) is 1. The molecule has 0 bridgehead atoms. The van der Waals surface area contributed by atoms with Crippen molar-refractivity contribution in [3.8, 4) is 22.1 Å². The summed E-state index contributed by atoms with van der Waals surface area (Å²) in [6, 6.07) is 5.57. The quantitative estimate of drug-likeness (QED) is 0.693. The van der Waals surface area contributed by atoms with Crippen molar-refractivity contribution < 1.29 is 28.9 Å². The average Bonchev–Trinajstić information content (AvgIpc) is 3.35. The van der Waals surface area contributed by atoms with Gasteiger partial charge in [-0.15, -0.1) is 11.3 Å². The topological polar surface area (TPSA) is 107 Å². The SMILES string of the molecule is CCOC1CC(NC(=O)Cc2csc(-c3ccc4c(c3)OCO4)n2)(C(=O)O)C1(C)C. The summed E-state index contributed by atoms with van der Waals surface area (Å²) < 4.78 is 16.4. The normalized spacial score (nSPS) is 23.6. The number of hydrogen-bond acceptors (Lipinski definition) is 7. The van der Waals surface area contributed by atoms with Gasteiger partial charge in [0.05, 0.1) is 18.2 Å². The van der Waals surface area contributed by atoms with E-state index in [-0.39, 0.29) is 31.6 Å². The molecule has 2 heterocycles. The van der Waals surface area contributed by atoms with Gasteiger partial charge in [-0.3, -0.25) is 4.79 Å². The van der Waals surface area contributed by atoms with Gasteiger partial charge in [0.1, 0.15) is 10.5 Å². The van der Waals surface area contributed by atoms with E-state index in [1.165, 1.54) is 11.3 Å². The van der Waals surface area contributed by atoms with E-state index in [1.807, 2.05) is 44.4 Å². The molecule has 8 nitrogen and oxygen atoms in total. The van der Waals surface area contributed by atoms with Gasteiger partial charge in [0.15, 0.2) is 11.5 Å². The number of aliphatic carboxylic acids is 1. The standard InChI is InChI=1S/C21H24N2O6S/c1-4-27-16-9-21(19(25)26,20(16,2)3)23-17(24)8-13-10-30-18(22-13)12-5-6-14-15(7-12)29-11-28-14/h5-7,10,16H,4,8-9,11H2,1-3H3,(H,23,24)(H,25,26). The number of aromatic nitrogens is 1. The van der Waals surface area contributed by atoms with Gasteiger partial charge >= 0.3 is 5.97 Å². The van der Waals surface area contributed by atoms with Crippen LogP contribution in [0.4, 0.5) is 0 Å². The van der Waals surface area contributed by atoms with E-state index >= 15 is 0 Å². The van der Waals surface area contributed by atoms with Crippen LogP contribution < -0.4 is 14.8 Å². The highest BCUT2D eigenvalue weighted by Gasteiger charge is 2.66. The van der Waals surface area contributed by atoms with E-state index in [0.717, 1.165) is 10.6 Å². The van der Waals surface area contributed by atoms with Gasteiger partial charge < -0.3 is 24.6 Å². The van der Waals surface area contributed by atoms with Crippen LogP contribution >= 0.6 is 11.3 Å². The second-order valence-corrected chi connectivity index (χ2v) is 8.88. The zero-order chi connectivity index (χ0) is 21.5. The Bertz CT molecular complexity index is 988. The fraction of sp³-hybridized carbons (Fsp3) is 0.476. The third-order valence-corrected chi connectivity index (χ3v) is 6.94. The molecule has 1 aromatic carbocycles. The molecule has 4 rings (SSSR count). The maximum Gasteiger partial charge on any atom is 0.330 e. The lowest BCUT2D eigenvalue weighted by atomic mass is 9.54. The number of fused-ring (bicyclic) bond motifs is 1. The molecule has 30 heavy (non-hydrogen) atoms. The predicted molar refractivity (Wildman–Crippen MR) is 110 cm³/mol. The molecule has 0 saturated heterocycles. The molecular formula is C21H24N2O6S. The van der Waals surface area contributed by atoms with E-state index in [2.05, 4.69) is 10.3 Å². The lowest BCUT2D eigenvalue weighted by Crippen LogP contribution is -2.76. The largest absolute Gasteiger partial charge is 0.479 e. The molecule has 9 heteroatoms. The number of carboxylic acid groups (broad SMARTS) is 1. The van der Waals surface area contributed by atoms with Crippen molar-refractivity contribution in [2.24, 2.45) is 5.41 Å². The molecule has 1 saturated carbocycles. The summed E-state index contributed by atoms with van der Waals surface area (Å²) in [5.74, 6) is -0.0529. The number of carbonyl (C=O) groups excluding carboxylic acids is 1. The summed E-state index contributed by atoms with van der Waals surface area (Å²) in [7, 11) is 0. The Labute approximate surface area is 178 Å². The molecular weight excluding hydrogens is 408 g/mol. The minimum absolute atomic E-state index is 0.00542. The van der Waals surface area contributed by atoms with Crippen LogP contribution in [0.2, 0.25) is 0 Å². The predicted octanol–water partition coefficient (Wildman–Crippen LogP) is 2.86. The zero-order valence-corrected chi connectivity index (χ0v) is 17.9. The van der Waals surface area contributed by atoms with Gasteiger partial charge in [0.25, 0.3) is 0 Å². The number of thiazole rings is 1. The number of amides is 1. The van der Waals surface area contributed by atoms with Crippen LogP contribution in [-0.2, 0) is 20.7 Å². The van der Waals surface area contributed by atoms with Gasteiger partial charge in [0, 0.05) is 29.4 Å². The summed E-state index contributed by atoms with van der Waals surface area (Å²) in [6.45, 7) is 6.19. The number of carbonyl (C=O) groups is 2. The molecule has 0 spiro atoms. The van der Waals surface area contributed by atoms with Crippen molar-refractivity contribution in [3.63, 3.8) is 0 Å². The first-order valence-electron chi connectivity index (χ1n) is 9.77. The molecule has 1 aliphatic heterocycles. The summed E-state index contributed by atoms with van der Waals surface area (Å²) in [4.78, 5) is 29.3. The molecule has 2 unspecified atom stereocenters. The minimum atomic E-state index is -1.35. The van der Waals surface area contributed by atoms with E-state index in [0.29, 0.717) is 23.8 Å². The van der Waals surface area contributed by atoms with Gasteiger partial charge in [-0.1, -0.05) is 13.8 Å². The number of benzene rings is 1. The zero-order valence-electron chi connectivity index (χ0n) is 17.1. The molecule has 1 amide bonds. The van der Waals surface area contributed by atoms with Crippen LogP contribution in [0.25, 0.3) is 10.6 Å². The lowest BCUT2D eigenvalue weighted by molar-refractivity contribution is -0.194. The maximum atomic E-state index is 12.7. The highest BCUT2D eigenvalue weighted by molar-refractivity contribution is 7.13. The Morgan fingerprint density at radius 1 is 1.33 bits per heavy atom. The Balaban J connectivity index is 1.45. The fourth-order valence-electron chi connectivity index (χ4n) is 4.03. The Morgan fingerprint density at radius 3 is 2.80 bits per heavy atom.